The summed E-state index contributed by atoms with van der Waals surface area (Å²) in [6.07, 6.45) is -3.85. The number of rotatable bonds is 6. The van der Waals surface area contributed by atoms with E-state index in [0.717, 1.165) is 17.7 Å². The van der Waals surface area contributed by atoms with Gasteiger partial charge in [-0.1, -0.05) is 24.3 Å². The van der Waals surface area contributed by atoms with Gasteiger partial charge in [0, 0.05) is 17.9 Å². The van der Waals surface area contributed by atoms with Gasteiger partial charge >= 0.3 is 6.18 Å². The molecule has 0 aliphatic heterocycles. The highest BCUT2D eigenvalue weighted by atomic mass is 32.1. The molecule has 32 heavy (non-hydrogen) atoms. The number of nitrogens with one attached hydrogen (secondary N) is 3. The fourth-order valence-corrected chi connectivity index (χ4v) is 3.06. The van der Waals surface area contributed by atoms with E-state index in [-0.39, 0.29) is 5.56 Å². The SMILES string of the molecule is O=C(Nc1ccc(NC(=S)NCCc2ccc(C(F)(F)F)cc2)cc1)c1ccccc1F. The van der Waals surface area contributed by atoms with E-state index in [2.05, 4.69) is 16.0 Å². The molecule has 9 heteroatoms. The van der Waals surface area contributed by atoms with E-state index in [0.29, 0.717) is 29.5 Å². The molecule has 0 heterocycles. The minimum atomic E-state index is -4.35. The summed E-state index contributed by atoms with van der Waals surface area (Å²) >= 11 is 5.22. The number of thiocarbonyl (C=S) groups is 1. The predicted molar refractivity (Wildman–Crippen MR) is 120 cm³/mol. The number of carbonyl (C=O) groups is 1. The van der Waals surface area contributed by atoms with Crippen molar-refractivity contribution in [3.8, 4) is 0 Å². The van der Waals surface area contributed by atoms with Gasteiger partial charge in [-0.15, -0.1) is 0 Å². The topological polar surface area (TPSA) is 53.2 Å². The summed E-state index contributed by atoms with van der Waals surface area (Å²) in [5.41, 5.74) is 1.18. The van der Waals surface area contributed by atoms with E-state index in [1.807, 2.05) is 0 Å². The second kappa shape index (κ2) is 10.2. The number of benzene rings is 3. The largest absolute Gasteiger partial charge is 0.416 e. The van der Waals surface area contributed by atoms with Gasteiger partial charge in [0.25, 0.3) is 5.91 Å². The highest BCUT2D eigenvalue weighted by molar-refractivity contribution is 7.80. The van der Waals surface area contributed by atoms with Crippen LogP contribution in [0, 0.1) is 5.82 Å². The number of halogens is 4. The van der Waals surface area contributed by atoms with Crippen molar-refractivity contribution in [2.45, 2.75) is 12.6 Å². The van der Waals surface area contributed by atoms with E-state index in [4.69, 9.17) is 12.2 Å². The molecule has 0 atom stereocenters. The Morgan fingerprint density at radius 1 is 0.844 bits per heavy atom. The lowest BCUT2D eigenvalue weighted by molar-refractivity contribution is -0.137. The smallest absolute Gasteiger partial charge is 0.362 e. The molecule has 1 amide bonds. The molecule has 0 aliphatic rings. The van der Waals surface area contributed by atoms with Crippen molar-refractivity contribution < 1.29 is 22.4 Å². The van der Waals surface area contributed by atoms with E-state index in [1.54, 1.807) is 30.3 Å². The van der Waals surface area contributed by atoms with Crippen LogP contribution in [0.25, 0.3) is 0 Å². The molecule has 3 aromatic carbocycles. The van der Waals surface area contributed by atoms with Gasteiger partial charge < -0.3 is 16.0 Å². The summed E-state index contributed by atoms with van der Waals surface area (Å²) in [6.45, 7) is 0.438. The van der Waals surface area contributed by atoms with Crippen LogP contribution < -0.4 is 16.0 Å². The zero-order chi connectivity index (χ0) is 23.1. The van der Waals surface area contributed by atoms with Crippen LogP contribution in [0.2, 0.25) is 0 Å². The molecule has 0 unspecified atom stereocenters. The van der Waals surface area contributed by atoms with Crippen LogP contribution in [-0.4, -0.2) is 17.6 Å². The van der Waals surface area contributed by atoms with Crippen LogP contribution in [-0.2, 0) is 12.6 Å². The quantitative estimate of drug-likeness (QED) is 0.329. The molecule has 3 rings (SSSR count). The van der Waals surface area contributed by atoms with E-state index < -0.39 is 23.5 Å². The van der Waals surface area contributed by atoms with Crippen LogP contribution in [0.3, 0.4) is 0 Å². The third kappa shape index (κ3) is 6.52. The summed E-state index contributed by atoms with van der Waals surface area (Å²) in [6, 6.07) is 17.4. The molecule has 0 aliphatic carbocycles. The molecule has 4 nitrogen and oxygen atoms in total. The zero-order valence-electron chi connectivity index (χ0n) is 16.7. The molecular weight excluding hydrogens is 442 g/mol. The highest BCUT2D eigenvalue weighted by Gasteiger charge is 2.29. The highest BCUT2D eigenvalue weighted by Crippen LogP contribution is 2.29. The minimum absolute atomic E-state index is 0.0480. The Balaban J connectivity index is 1.45. The number of carbonyl (C=O) groups excluding carboxylic acids is 1. The lowest BCUT2D eigenvalue weighted by Crippen LogP contribution is -2.30. The Kier molecular flexibility index (Phi) is 7.42. The van der Waals surface area contributed by atoms with Gasteiger partial charge in [-0.05, 0) is 72.7 Å². The molecule has 3 aromatic rings. The van der Waals surface area contributed by atoms with Crippen LogP contribution in [0.4, 0.5) is 28.9 Å². The molecule has 0 aromatic heterocycles. The van der Waals surface area contributed by atoms with E-state index >= 15 is 0 Å². The summed E-state index contributed by atoms with van der Waals surface area (Å²) in [7, 11) is 0. The average molecular weight is 461 g/mol. The standard InChI is InChI=1S/C23H19F4N3OS/c24-20-4-2-1-3-19(20)21(31)29-17-9-11-18(12-10-17)30-22(32)28-14-13-15-5-7-16(8-6-15)23(25,26)27/h1-12H,13-14H2,(H,29,31)(H2,28,30,32). The molecule has 0 bridgehead atoms. The van der Waals surface area contributed by atoms with Gasteiger partial charge in [0.05, 0.1) is 11.1 Å². The van der Waals surface area contributed by atoms with E-state index in [1.165, 1.54) is 30.3 Å². The normalized spacial score (nSPS) is 11.0. The zero-order valence-corrected chi connectivity index (χ0v) is 17.5. The predicted octanol–water partition coefficient (Wildman–Crippen LogP) is 5.63. The molecular formula is C23H19F4N3OS. The van der Waals surface area contributed by atoms with Gasteiger partial charge in [0.2, 0.25) is 0 Å². The summed E-state index contributed by atoms with van der Waals surface area (Å²) in [5.74, 6) is -1.15. The summed E-state index contributed by atoms with van der Waals surface area (Å²) in [4.78, 5) is 12.1. The third-order valence-electron chi connectivity index (χ3n) is 4.50. The fraction of sp³-hybridized carbons (Fsp3) is 0.130. The van der Waals surface area contributed by atoms with Crippen molar-refractivity contribution in [2.24, 2.45) is 0 Å². The van der Waals surface area contributed by atoms with Crippen LogP contribution in [0.15, 0.2) is 72.8 Å². The maximum absolute atomic E-state index is 13.7. The van der Waals surface area contributed by atoms with Crippen molar-refractivity contribution in [1.29, 1.82) is 0 Å². The number of hydrogen-bond donors (Lipinski definition) is 3. The third-order valence-corrected chi connectivity index (χ3v) is 4.75. The maximum atomic E-state index is 13.7. The van der Waals surface area contributed by atoms with Crippen molar-refractivity contribution in [3.63, 3.8) is 0 Å². The Bertz CT molecular complexity index is 1080. The number of anilines is 2. The average Bonchev–Trinajstić information content (AvgIpc) is 2.75. The second-order valence-electron chi connectivity index (χ2n) is 6.84. The lowest BCUT2D eigenvalue weighted by Gasteiger charge is -2.12. The molecule has 0 fully saturated rings. The number of hydrogen-bond acceptors (Lipinski definition) is 2. The fourth-order valence-electron chi connectivity index (χ4n) is 2.84. The second-order valence-corrected chi connectivity index (χ2v) is 7.25. The number of amides is 1. The maximum Gasteiger partial charge on any atom is 0.416 e. The lowest BCUT2D eigenvalue weighted by atomic mass is 10.1. The van der Waals surface area contributed by atoms with Gasteiger partial charge in [-0.3, -0.25) is 4.79 Å². The first-order valence-corrected chi connectivity index (χ1v) is 10.00. The Hall–Kier alpha value is -3.46. The van der Waals surface area contributed by atoms with Crippen LogP contribution >= 0.6 is 12.2 Å². The molecule has 0 radical (unpaired) electrons. The van der Waals surface area contributed by atoms with Crippen molar-refractivity contribution in [3.05, 3.63) is 95.3 Å². The van der Waals surface area contributed by atoms with Gasteiger partial charge in [0.1, 0.15) is 5.82 Å². The minimum Gasteiger partial charge on any atom is -0.362 e. The monoisotopic (exact) mass is 461 g/mol. The molecule has 0 spiro atoms. The van der Waals surface area contributed by atoms with Gasteiger partial charge in [-0.25, -0.2) is 4.39 Å². The van der Waals surface area contributed by atoms with Crippen molar-refractivity contribution in [1.82, 2.24) is 5.32 Å². The first kappa shape index (κ1) is 23.2. The summed E-state index contributed by atoms with van der Waals surface area (Å²) < 4.78 is 51.5. The Morgan fingerprint density at radius 2 is 1.44 bits per heavy atom. The number of alkyl halides is 3. The van der Waals surface area contributed by atoms with Gasteiger partial charge in [0.15, 0.2) is 5.11 Å². The van der Waals surface area contributed by atoms with E-state index in [9.17, 15) is 22.4 Å². The Labute approximate surface area is 187 Å². The van der Waals surface area contributed by atoms with Gasteiger partial charge in [-0.2, -0.15) is 13.2 Å². The summed E-state index contributed by atoms with van der Waals surface area (Å²) in [5, 5.41) is 8.93. The van der Waals surface area contributed by atoms with Crippen LogP contribution in [0.5, 0.6) is 0 Å². The molecule has 0 saturated carbocycles. The first-order chi connectivity index (χ1) is 15.2. The van der Waals surface area contributed by atoms with Crippen molar-refractivity contribution in [2.75, 3.05) is 17.2 Å². The molecule has 166 valence electrons. The first-order valence-electron chi connectivity index (χ1n) is 9.59. The van der Waals surface area contributed by atoms with Crippen molar-refractivity contribution >= 4 is 34.6 Å². The molecule has 0 saturated heterocycles. The van der Waals surface area contributed by atoms with Crippen LogP contribution in [0.1, 0.15) is 21.5 Å². The molecule has 3 N–H and O–H groups in total. The Morgan fingerprint density at radius 3 is 2.03 bits per heavy atom.